The Hall–Kier alpha value is -0.280. The van der Waals surface area contributed by atoms with Gasteiger partial charge in [-0.2, -0.15) is 0 Å². The van der Waals surface area contributed by atoms with Gasteiger partial charge in [-0.1, -0.05) is 25.7 Å². The number of nitrogens with one attached hydrogen (secondary N) is 1. The maximum absolute atomic E-state index is 11.2. The lowest BCUT2D eigenvalue weighted by molar-refractivity contribution is -0.120. The Bertz CT molecular complexity index is 235. The molecule has 0 aliphatic heterocycles. The minimum absolute atomic E-state index is 0. The van der Waals surface area contributed by atoms with Crippen molar-refractivity contribution >= 4 is 18.3 Å². The minimum Gasteiger partial charge on any atom is -0.352 e. The average molecular weight is 247 g/mol. The van der Waals surface area contributed by atoms with Crippen LogP contribution in [0.1, 0.15) is 44.9 Å². The maximum Gasteiger partial charge on any atom is 0.233 e. The molecule has 2 saturated carbocycles. The lowest BCUT2D eigenvalue weighted by Gasteiger charge is -2.39. The summed E-state index contributed by atoms with van der Waals surface area (Å²) in [6, 6.07) is 0.403. The molecule has 3 nitrogen and oxygen atoms in total. The van der Waals surface area contributed by atoms with Crippen molar-refractivity contribution in [2.45, 2.75) is 51.0 Å². The van der Waals surface area contributed by atoms with E-state index in [1.807, 2.05) is 0 Å². The Balaban J connectivity index is 0.00000128. The van der Waals surface area contributed by atoms with Gasteiger partial charge in [-0.15, -0.1) is 12.4 Å². The van der Waals surface area contributed by atoms with Gasteiger partial charge in [0.05, 0.1) is 6.54 Å². The number of halogens is 1. The number of fused-ring (bicyclic) bond motifs is 1. The van der Waals surface area contributed by atoms with Crippen molar-refractivity contribution in [3.05, 3.63) is 0 Å². The molecule has 0 heterocycles. The van der Waals surface area contributed by atoms with Gasteiger partial charge in [-0.25, -0.2) is 0 Å². The highest BCUT2D eigenvalue weighted by Gasteiger charge is 2.32. The molecule has 0 radical (unpaired) electrons. The third-order valence-electron chi connectivity index (χ3n) is 4.09. The van der Waals surface area contributed by atoms with Gasteiger partial charge in [0.15, 0.2) is 0 Å². The summed E-state index contributed by atoms with van der Waals surface area (Å²) in [6.07, 6.45) is 9.26. The minimum atomic E-state index is 0. The summed E-state index contributed by atoms with van der Waals surface area (Å²) in [5.74, 6) is 1.83. The Morgan fingerprint density at radius 2 is 1.81 bits per heavy atom. The largest absolute Gasteiger partial charge is 0.352 e. The van der Waals surface area contributed by atoms with Crippen LogP contribution in [0.2, 0.25) is 0 Å². The van der Waals surface area contributed by atoms with Gasteiger partial charge >= 0.3 is 0 Å². The molecular formula is C12H23ClN2O. The second-order valence-electron chi connectivity index (χ2n) is 5.09. The Morgan fingerprint density at radius 3 is 2.50 bits per heavy atom. The van der Waals surface area contributed by atoms with Crippen LogP contribution in [0, 0.1) is 11.8 Å². The van der Waals surface area contributed by atoms with Crippen molar-refractivity contribution < 1.29 is 4.79 Å². The third kappa shape index (κ3) is 3.36. The number of amides is 1. The molecule has 0 bridgehead atoms. The van der Waals surface area contributed by atoms with E-state index in [-0.39, 0.29) is 24.9 Å². The molecule has 3 N–H and O–H groups in total. The van der Waals surface area contributed by atoms with E-state index in [0.29, 0.717) is 6.04 Å². The average Bonchev–Trinajstić information content (AvgIpc) is 2.29. The van der Waals surface area contributed by atoms with Crippen molar-refractivity contribution in [3.63, 3.8) is 0 Å². The van der Waals surface area contributed by atoms with Crippen molar-refractivity contribution in [3.8, 4) is 0 Å². The molecule has 0 aromatic carbocycles. The molecule has 2 aliphatic rings. The zero-order chi connectivity index (χ0) is 10.7. The van der Waals surface area contributed by atoms with Crippen LogP contribution in [0.5, 0.6) is 0 Å². The first kappa shape index (κ1) is 13.8. The molecule has 0 saturated heterocycles. The van der Waals surface area contributed by atoms with Crippen LogP contribution >= 0.6 is 12.4 Å². The molecule has 0 aromatic rings. The highest BCUT2D eigenvalue weighted by Crippen LogP contribution is 2.40. The van der Waals surface area contributed by atoms with E-state index in [0.717, 1.165) is 18.3 Å². The van der Waals surface area contributed by atoms with E-state index in [9.17, 15) is 4.79 Å². The van der Waals surface area contributed by atoms with Gasteiger partial charge in [-0.3, -0.25) is 4.79 Å². The standard InChI is InChI=1S/C12H22N2O.ClH/c13-8-12(15)14-11-6-5-9-3-1-2-4-10(9)7-11;/h9-11H,1-8,13H2,(H,14,15);1H. The van der Waals surface area contributed by atoms with E-state index < -0.39 is 0 Å². The lowest BCUT2D eigenvalue weighted by atomic mass is 9.69. The molecule has 4 heteroatoms. The number of carbonyl (C=O) groups excluding carboxylic acids is 1. The van der Waals surface area contributed by atoms with Crippen molar-refractivity contribution in [1.29, 1.82) is 0 Å². The summed E-state index contributed by atoms with van der Waals surface area (Å²) in [5.41, 5.74) is 5.31. The fourth-order valence-electron chi connectivity index (χ4n) is 3.29. The van der Waals surface area contributed by atoms with Crippen molar-refractivity contribution in [2.75, 3.05) is 6.54 Å². The molecule has 16 heavy (non-hydrogen) atoms. The van der Waals surface area contributed by atoms with E-state index in [2.05, 4.69) is 5.32 Å². The Kier molecular flexibility index (Phi) is 5.56. The maximum atomic E-state index is 11.2. The summed E-state index contributed by atoms with van der Waals surface area (Å²) >= 11 is 0. The van der Waals surface area contributed by atoms with Crippen LogP contribution in [0.3, 0.4) is 0 Å². The molecule has 0 spiro atoms. The monoisotopic (exact) mass is 246 g/mol. The fourth-order valence-corrected chi connectivity index (χ4v) is 3.29. The summed E-state index contributed by atoms with van der Waals surface area (Å²) in [5, 5.41) is 3.04. The summed E-state index contributed by atoms with van der Waals surface area (Å²) in [7, 11) is 0. The van der Waals surface area contributed by atoms with E-state index in [4.69, 9.17) is 5.73 Å². The van der Waals surface area contributed by atoms with E-state index in [1.54, 1.807) is 0 Å². The third-order valence-corrected chi connectivity index (χ3v) is 4.09. The molecular weight excluding hydrogens is 224 g/mol. The van der Waals surface area contributed by atoms with Crippen LogP contribution in [-0.2, 0) is 4.79 Å². The van der Waals surface area contributed by atoms with Crippen LogP contribution in [0.4, 0.5) is 0 Å². The smallest absolute Gasteiger partial charge is 0.233 e. The Labute approximate surface area is 104 Å². The molecule has 2 fully saturated rings. The molecule has 94 valence electrons. The topological polar surface area (TPSA) is 55.1 Å². The number of hydrogen-bond donors (Lipinski definition) is 2. The highest BCUT2D eigenvalue weighted by molar-refractivity contribution is 5.85. The second kappa shape index (κ2) is 6.45. The van der Waals surface area contributed by atoms with Crippen molar-refractivity contribution in [2.24, 2.45) is 17.6 Å². The summed E-state index contributed by atoms with van der Waals surface area (Å²) in [6.45, 7) is 0.130. The number of hydrogen-bond acceptors (Lipinski definition) is 2. The molecule has 2 aliphatic carbocycles. The molecule has 1 amide bonds. The first-order valence-corrected chi connectivity index (χ1v) is 6.29. The molecule has 0 aromatic heterocycles. The van der Waals surface area contributed by atoms with Gasteiger partial charge in [-0.05, 0) is 31.1 Å². The first-order chi connectivity index (χ1) is 7.29. The molecule has 3 unspecified atom stereocenters. The fraction of sp³-hybridized carbons (Fsp3) is 0.917. The zero-order valence-corrected chi connectivity index (χ0v) is 10.6. The SMILES string of the molecule is Cl.NCC(=O)NC1CCC2CCCCC2C1. The highest BCUT2D eigenvalue weighted by atomic mass is 35.5. The van der Waals surface area contributed by atoms with Crippen LogP contribution < -0.4 is 11.1 Å². The van der Waals surface area contributed by atoms with Crippen LogP contribution in [-0.4, -0.2) is 18.5 Å². The normalized spacial score (nSPS) is 33.4. The predicted octanol–water partition coefficient (Wildman–Crippen LogP) is 1.84. The lowest BCUT2D eigenvalue weighted by Crippen LogP contribution is -2.43. The van der Waals surface area contributed by atoms with Crippen LogP contribution in [0.15, 0.2) is 0 Å². The number of nitrogens with two attached hydrogens (primary N) is 1. The van der Waals surface area contributed by atoms with Gasteiger partial charge < -0.3 is 11.1 Å². The number of carbonyl (C=O) groups is 1. The zero-order valence-electron chi connectivity index (χ0n) is 9.78. The molecule has 2 rings (SSSR count). The predicted molar refractivity (Wildman–Crippen MR) is 67.5 cm³/mol. The van der Waals surface area contributed by atoms with E-state index >= 15 is 0 Å². The quantitative estimate of drug-likeness (QED) is 0.781. The van der Waals surface area contributed by atoms with Gasteiger partial charge in [0.25, 0.3) is 0 Å². The van der Waals surface area contributed by atoms with Gasteiger partial charge in [0, 0.05) is 6.04 Å². The summed E-state index contributed by atoms with van der Waals surface area (Å²) < 4.78 is 0. The number of rotatable bonds is 2. The second-order valence-corrected chi connectivity index (χ2v) is 5.09. The summed E-state index contributed by atoms with van der Waals surface area (Å²) in [4.78, 5) is 11.2. The first-order valence-electron chi connectivity index (χ1n) is 6.29. The van der Waals surface area contributed by atoms with Crippen LogP contribution in [0.25, 0.3) is 0 Å². The molecule has 3 atom stereocenters. The van der Waals surface area contributed by atoms with E-state index in [1.165, 1.54) is 38.5 Å². The Morgan fingerprint density at radius 1 is 1.12 bits per heavy atom. The van der Waals surface area contributed by atoms with Crippen molar-refractivity contribution in [1.82, 2.24) is 5.32 Å². The van der Waals surface area contributed by atoms with Gasteiger partial charge in [0.2, 0.25) is 5.91 Å². The van der Waals surface area contributed by atoms with Gasteiger partial charge in [0.1, 0.15) is 0 Å².